The highest BCUT2D eigenvalue weighted by molar-refractivity contribution is 5.70. The van der Waals surface area contributed by atoms with Gasteiger partial charge in [-0.1, -0.05) is 71.4 Å². The topological polar surface area (TPSA) is 175 Å². The summed E-state index contributed by atoms with van der Waals surface area (Å²) in [5.74, 6) is -2.40. The van der Waals surface area contributed by atoms with Crippen molar-refractivity contribution in [1.29, 1.82) is 0 Å². The molecule has 5 N–H and O–H groups in total. The van der Waals surface area contributed by atoms with Crippen molar-refractivity contribution in [3.8, 4) is 0 Å². The van der Waals surface area contributed by atoms with E-state index in [4.69, 9.17) is 19.9 Å². The summed E-state index contributed by atoms with van der Waals surface area (Å²) in [5, 5.41) is 23.8. The third kappa shape index (κ3) is 11.0. The largest absolute Gasteiger partial charge is 0.458 e. The molecular weight excluding hydrogens is 835 g/mol. The average molecular weight is 909 g/mol. The molecule has 1 aromatic heterocycles. The first-order valence-electron chi connectivity index (χ1n) is 24.3. The van der Waals surface area contributed by atoms with Crippen LogP contribution < -0.4 is 16.7 Å². The molecule has 0 radical (unpaired) electrons. The molecule has 6 aliphatic rings. The quantitative estimate of drug-likeness (QED) is 0.104. The molecule has 6 fully saturated rings. The van der Waals surface area contributed by atoms with Gasteiger partial charge < -0.3 is 35.5 Å². The SMILES string of the molecule is C=C1/C(=C\C=C2/CCC[C@@]3(C)C2CCC3[C@@H](C)/C=C/C(OC(=O)CC(CC)C2CC(C)(C)CC(C)(NC(=O)OCC3OC(n4ccc(N)nc4=O)C(F)(F)C3O)C2)C2CC2)CCC[C@@H]1O. The van der Waals surface area contributed by atoms with Gasteiger partial charge in [0.1, 0.15) is 24.6 Å². The van der Waals surface area contributed by atoms with Crippen LogP contribution >= 0.6 is 0 Å². The third-order valence-corrected chi connectivity index (χ3v) is 16.2. The number of carbonyl (C=O) groups is 2. The summed E-state index contributed by atoms with van der Waals surface area (Å²) in [7, 11) is 0. The summed E-state index contributed by atoms with van der Waals surface area (Å²) in [4.78, 5) is 42.9. The molecule has 9 unspecified atom stereocenters. The number of ether oxygens (including phenoxy) is 3. The number of aliphatic hydroxyl groups is 2. The van der Waals surface area contributed by atoms with Gasteiger partial charge in [-0.05, 0) is 160 Å². The number of nitrogen functional groups attached to an aromatic ring is 1. The number of hydrogen-bond donors (Lipinski definition) is 4. The van der Waals surface area contributed by atoms with Gasteiger partial charge >= 0.3 is 23.7 Å². The van der Waals surface area contributed by atoms with Gasteiger partial charge in [-0.25, -0.2) is 9.59 Å². The molecule has 0 aromatic carbocycles. The van der Waals surface area contributed by atoms with Gasteiger partial charge in [0.05, 0.1) is 6.10 Å². The van der Waals surface area contributed by atoms with E-state index in [0.29, 0.717) is 41.1 Å². The minimum Gasteiger partial charge on any atom is -0.458 e. The van der Waals surface area contributed by atoms with Crippen LogP contribution in [0.5, 0.6) is 0 Å². The number of nitrogens with one attached hydrogen (secondary N) is 1. The lowest BCUT2D eigenvalue weighted by atomic mass is 9.61. The number of anilines is 1. The lowest BCUT2D eigenvalue weighted by molar-refractivity contribution is -0.150. The number of fused-ring (bicyclic) bond motifs is 1. The Hall–Kier alpha value is -3.88. The molecule has 1 aromatic rings. The number of carbonyl (C=O) groups excluding carboxylic acids is 2. The molecule has 14 heteroatoms. The molecule has 1 saturated heterocycles. The van der Waals surface area contributed by atoms with Crippen LogP contribution in [0.15, 0.2) is 64.7 Å². The number of aliphatic hydroxyl groups excluding tert-OH is 2. The fourth-order valence-corrected chi connectivity index (χ4v) is 12.9. The molecule has 7 rings (SSSR count). The molecule has 0 spiro atoms. The van der Waals surface area contributed by atoms with E-state index in [9.17, 15) is 24.6 Å². The number of halogens is 2. The first-order valence-corrected chi connectivity index (χ1v) is 24.3. The van der Waals surface area contributed by atoms with Crippen LogP contribution in [0.3, 0.4) is 0 Å². The molecule has 5 aliphatic carbocycles. The van der Waals surface area contributed by atoms with E-state index >= 15 is 8.78 Å². The maximum absolute atomic E-state index is 15.1. The van der Waals surface area contributed by atoms with Gasteiger partial charge in [0.25, 0.3) is 0 Å². The fraction of sp³-hybridized carbons (Fsp3) is 0.725. The van der Waals surface area contributed by atoms with Crippen LogP contribution in [-0.4, -0.2) is 74.3 Å². The molecule has 360 valence electrons. The fourth-order valence-electron chi connectivity index (χ4n) is 12.9. The minimum absolute atomic E-state index is 0.00947. The average Bonchev–Trinajstić information content (AvgIpc) is 3.97. The Balaban J connectivity index is 0.932. The van der Waals surface area contributed by atoms with E-state index in [2.05, 4.69) is 75.8 Å². The zero-order valence-corrected chi connectivity index (χ0v) is 39.4. The smallest absolute Gasteiger partial charge is 0.407 e. The Bertz CT molecular complexity index is 2080. The lowest BCUT2D eigenvalue weighted by Crippen LogP contribution is -2.54. The summed E-state index contributed by atoms with van der Waals surface area (Å²) in [6.07, 6.45) is 16.2. The van der Waals surface area contributed by atoms with E-state index in [1.807, 2.05) is 6.92 Å². The highest BCUT2D eigenvalue weighted by Crippen LogP contribution is 2.60. The Morgan fingerprint density at radius 2 is 1.82 bits per heavy atom. The van der Waals surface area contributed by atoms with Crippen molar-refractivity contribution in [3.63, 3.8) is 0 Å². The minimum atomic E-state index is -3.88. The predicted octanol–water partition coefficient (Wildman–Crippen LogP) is 9.13. The van der Waals surface area contributed by atoms with Crippen LogP contribution in [0.2, 0.25) is 0 Å². The van der Waals surface area contributed by atoms with E-state index in [-0.39, 0.29) is 47.0 Å². The zero-order chi connectivity index (χ0) is 47.1. The number of esters is 1. The van der Waals surface area contributed by atoms with Gasteiger partial charge in [0.15, 0.2) is 6.10 Å². The second-order valence-corrected chi connectivity index (χ2v) is 21.9. The third-order valence-electron chi connectivity index (χ3n) is 16.2. The van der Waals surface area contributed by atoms with E-state index in [1.165, 1.54) is 37.3 Å². The molecule has 65 heavy (non-hydrogen) atoms. The van der Waals surface area contributed by atoms with Crippen molar-refractivity contribution >= 4 is 17.9 Å². The molecule has 2 heterocycles. The van der Waals surface area contributed by atoms with Crippen molar-refractivity contribution in [2.75, 3.05) is 12.3 Å². The lowest BCUT2D eigenvalue weighted by Gasteiger charge is -2.48. The Morgan fingerprint density at radius 1 is 1.06 bits per heavy atom. The monoisotopic (exact) mass is 909 g/mol. The van der Waals surface area contributed by atoms with E-state index < -0.39 is 54.4 Å². The first kappa shape index (κ1) is 49.0. The number of aromatic nitrogens is 2. The summed E-state index contributed by atoms with van der Waals surface area (Å²) < 4.78 is 47.8. The first-order chi connectivity index (χ1) is 30.6. The Labute approximate surface area is 383 Å². The normalized spacial score (nSPS) is 36.0. The number of nitrogens with zero attached hydrogens (tertiary/aromatic N) is 2. The number of alkyl carbamates (subject to hydrolysis) is 1. The molecule has 1 aliphatic heterocycles. The van der Waals surface area contributed by atoms with Crippen LogP contribution in [-0.2, 0) is 19.0 Å². The number of rotatable bonds is 14. The second-order valence-electron chi connectivity index (χ2n) is 21.9. The summed E-state index contributed by atoms with van der Waals surface area (Å²) in [6, 6.07) is 1.17. The number of allylic oxidation sites excluding steroid dienone is 4. The molecular formula is C51H74F2N4O8. The number of amides is 1. The maximum Gasteiger partial charge on any atom is 0.407 e. The van der Waals surface area contributed by atoms with Crippen LogP contribution in [0, 0.1) is 46.3 Å². The number of alkyl halides is 2. The summed E-state index contributed by atoms with van der Waals surface area (Å²) in [5.41, 5.74) is 7.30. The van der Waals surface area contributed by atoms with Crippen molar-refractivity contribution in [2.24, 2.45) is 46.3 Å². The van der Waals surface area contributed by atoms with Crippen LogP contribution in [0.1, 0.15) is 144 Å². The number of nitrogens with two attached hydrogens (primary N) is 1. The molecule has 1 amide bonds. The van der Waals surface area contributed by atoms with Crippen molar-refractivity contribution in [3.05, 3.63) is 70.3 Å². The highest BCUT2D eigenvalue weighted by Gasteiger charge is 2.60. The van der Waals surface area contributed by atoms with Gasteiger partial charge in [0, 0.05) is 18.2 Å². The standard InChI is InChI=1S/C51H74F2N4O8/c1-8-32(36-26-48(4,5)29-49(6,27-36)56-47(62)63-28-41-44(60)51(52,53)45(65-41)57-24-22-42(54)55-46(57)61)25-43(59)64-40(35-17-18-35)21-14-30(2)37-19-20-38-34(12-10-23-50(37,38)7)16-15-33-11-9-13-39(58)31(33)3/h14-16,21-22,24,30,32,35-41,44-45,58,60H,3,8-13,17-20,23,25-29H2,1-2,4-7H3,(H,56,62)(H2,54,55,61)/b21-14+,33-15-,34-16+/t30-,32?,36?,37?,38?,39-,40?,41?,44?,45?,49?,50+/m0/s1. The highest BCUT2D eigenvalue weighted by atomic mass is 19.3. The van der Waals surface area contributed by atoms with E-state index in [1.54, 1.807) is 5.57 Å². The second kappa shape index (κ2) is 19.4. The maximum atomic E-state index is 15.1. The number of hydrogen-bond acceptors (Lipinski definition) is 10. The van der Waals surface area contributed by atoms with Gasteiger partial charge in [-0.15, -0.1) is 0 Å². The summed E-state index contributed by atoms with van der Waals surface area (Å²) >= 11 is 0. The van der Waals surface area contributed by atoms with Crippen LogP contribution in [0.4, 0.5) is 19.4 Å². The van der Waals surface area contributed by atoms with Gasteiger partial charge in [0.2, 0.25) is 6.23 Å². The van der Waals surface area contributed by atoms with Gasteiger partial charge in [-0.3, -0.25) is 9.36 Å². The Kier molecular flexibility index (Phi) is 14.6. The molecule has 5 saturated carbocycles. The zero-order valence-electron chi connectivity index (χ0n) is 39.4. The Morgan fingerprint density at radius 3 is 2.52 bits per heavy atom. The predicted molar refractivity (Wildman–Crippen MR) is 244 cm³/mol. The van der Waals surface area contributed by atoms with E-state index in [0.717, 1.165) is 63.1 Å². The van der Waals surface area contributed by atoms with Crippen molar-refractivity contribution in [1.82, 2.24) is 14.9 Å². The van der Waals surface area contributed by atoms with Crippen LogP contribution in [0.25, 0.3) is 0 Å². The molecule has 12 atom stereocenters. The van der Waals surface area contributed by atoms with Gasteiger partial charge in [-0.2, -0.15) is 13.8 Å². The van der Waals surface area contributed by atoms with Crippen molar-refractivity contribution < 1.29 is 42.8 Å². The molecule has 12 nitrogen and oxygen atoms in total. The van der Waals surface area contributed by atoms with Crippen molar-refractivity contribution in [2.45, 2.75) is 180 Å². The molecule has 0 bridgehead atoms. The summed E-state index contributed by atoms with van der Waals surface area (Å²) in [6.45, 7) is 16.6.